The predicted octanol–water partition coefficient (Wildman–Crippen LogP) is 2.49. The highest BCUT2D eigenvalue weighted by Crippen LogP contribution is 2.34. The van der Waals surface area contributed by atoms with Gasteiger partial charge in [-0.15, -0.1) is 0 Å². The first-order chi connectivity index (χ1) is 11.0. The summed E-state index contributed by atoms with van der Waals surface area (Å²) in [6.45, 7) is 1.87. The molecule has 0 aliphatic carbocycles. The molecule has 122 valence electrons. The van der Waals surface area contributed by atoms with Crippen LogP contribution in [0.15, 0.2) is 22.8 Å². The number of hydrogen-bond donors (Lipinski definition) is 2. The minimum Gasteiger partial charge on any atom is -0.462 e. The maximum atomic E-state index is 12.1. The van der Waals surface area contributed by atoms with Gasteiger partial charge in [0, 0.05) is 30.3 Å². The smallest absolute Gasteiger partial charge is 0.341 e. The molecule has 0 unspecified atom stereocenters. The Hall–Kier alpha value is -2.26. The summed E-state index contributed by atoms with van der Waals surface area (Å²) in [5, 5.41) is 23.4. The van der Waals surface area contributed by atoms with Crippen LogP contribution in [-0.2, 0) is 4.74 Å². The zero-order valence-corrected chi connectivity index (χ0v) is 13.8. The number of anilines is 1. The van der Waals surface area contributed by atoms with Gasteiger partial charge in [-0.3, -0.25) is 15.1 Å². The highest BCUT2D eigenvalue weighted by molar-refractivity contribution is 9.10. The van der Waals surface area contributed by atoms with E-state index >= 15 is 0 Å². The maximum absolute atomic E-state index is 12.1. The lowest BCUT2D eigenvalue weighted by atomic mass is 10.1. The first-order valence-corrected chi connectivity index (χ1v) is 7.57. The molecule has 0 spiro atoms. The number of aliphatic hydroxyl groups is 1. The second-order valence-corrected chi connectivity index (χ2v) is 5.35. The minimum absolute atomic E-state index is 0.140. The molecule has 23 heavy (non-hydrogen) atoms. The topological polar surface area (TPSA) is 115 Å². The SMILES string of the molecule is CCOC(=O)c1cnc2c(Br)cc([N+](=O)[O-])cc2c1NCCO. The van der Waals surface area contributed by atoms with E-state index in [2.05, 4.69) is 26.2 Å². The number of nitro groups is 1. The van der Waals surface area contributed by atoms with Gasteiger partial charge in [-0.25, -0.2) is 4.79 Å². The average molecular weight is 384 g/mol. The summed E-state index contributed by atoms with van der Waals surface area (Å²) in [4.78, 5) is 26.8. The second kappa shape index (κ2) is 7.34. The minimum atomic E-state index is -0.593. The number of aliphatic hydroxyl groups excluding tert-OH is 1. The summed E-state index contributed by atoms with van der Waals surface area (Å²) in [6.07, 6.45) is 1.34. The fourth-order valence-electron chi connectivity index (χ4n) is 2.09. The number of halogens is 1. The van der Waals surface area contributed by atoms with Crippen LogP contribution < -0.4 is 5.32 Å². The number of benzene rings is 1. The van der Waals surface area contributed by atoms with Crippen LogP contribution in [0.5, 0.6) is 0 Å². The van der Waals surface area contributed by atoms with Crippen molar-refractivity contribution in [1.82, 2.24) is 4.98 Å². The van der Waals surface area contributed by atoms with E-state index in [4.69, 9.17) is 9.84 Å². The Morgan fingerprint density at radius 3 is 2.87 bits per heavy atom. The molecule has 2 N–H and O–H groups in total. The van der Waals surface area contributed by atoms with Crippen LogP contribution in [0.25, 0.3) is 10.9 Å². The van der Waals surface area contributed by atoms with Crippen LogP contribution in [0.2, 0.25) is 0 Å². The monoisotopic (exact) mass is 383 g/mol. The largest absolute Gasteiger partial charge is 0.462 e. The Labute approximate surface area is 139 Å². The number of esters is 1. The van der Waals surface area contributed by atoms with Gasteiger partial charge in [0.25, 0.3) is 5.69 Å². The highest BCUT2D eigenvalue weighted by Gasteiger charge is 2.20. The van der Waals surface area contributed by atoms with E-state index in [1.54, 1.807) is 6.92 Å². The third kappa shape index (κ3) is 3.57. The third-order valence-electron chi connectivity index (χ3n) is 3.03. The predicted molar refractivity (Wildman–Crippen MR) is 87.6 cm³/mol. The van der Waals surface area contributed by atoms with Crippen molar-refractivity contribution in [3.63, 3.8) is 0 Å². The molecule has 9 heteroatoms. The van der Waals surface area contributed by atoms with Gasteiger partial charge in [0.2, 0.25) is 0 Å². The highest BCUT2D eigenvalue weighted by atomic mass is 79.9. The van der Waals surface area contributed by atoms with E-state index in [9.17, 15) is 14.9 Å². The lowest BCUT2D eigenvalue weighted by Gasteiger charge is -2.14. The van der Waals surface area contributed by atoms with Crippen molar-refractivity contribution in [2.75, 3.05) is 25.1 Å². The summed E-state index contributed by atoms with van der Waals surface area (Å²) in [5.41, 5.74) is 0.815. The summed E-state index contributed by atoms with van der Waals surface area (Å²) >= 11 is 3.25. The lowest BCUT2D eigenvalue weighted by molar-refractivity contribution is -0.384. The number of nitrogens with zero attached hydrogens (tertiary/aromatic N) is 2. The number of carbonyl (C=O) groups excluding carboxylic acids is 1. The van der Waals surface area contributed by atoms with Gasteiger partial charge < -0.3 is 15.2 Å². The van der Waals surface area contributed by atoms with Gasteiger partial charge in [0.15, 0.2) is 0 Å². The molecule has 2 aromatic rings. The molecule has 8 nitrogen and oxygen atoms in total. The number of nitro benzene ring substituents is 1. The molecule has 2 rings (SSSR count). The summed E-state index contributed by atoms with van der Waals surface area (Å²) in [5.74, 6) is -0.593. The van der Waals surface area contributed by atoms with Gasteiger partial charge in [0.1, 0.15) is 5.56 Å². The Morgan fingerprint density at radius 2 is 2.26 bits per heavy atom. The van der Waals surface area contributed by atoms with Crippen molar-refractivity contribution >= 4 is 44.2 Å². The van der Waals surface area contributed by atoms with Crippen LogP contribution in [0, 0.1) is 10.1 Å². The molecule has 1 heterocycles. The molecule has 1 aromatic carbocycles. The van der Waals surface area contributed by atoms with Crippen molar-refractivity contribution in [1.29, 1.82) is 0 Å². The number of aromatic nitrogens is 1. The molecule has 0 aliphatic rings. The molecule has 0 amide bonds. The summed E-state index contributed by atoms with van der Waals surface area (Å²) in [6, 6.07) is 2.67. The van der Waals surface area contributed by atoms with E-state index in [1.165, 1.54) is 18.3 Å². The molecule has 0 radical (unpaired) electrons. The van der Waals surface area contributed by atoms with Crippen LogP contribution in [0.1, 0.15) is 17.3 Å². The number of ether oxygens (including phenoxy) is 1. The standard InChI is InChI=1S/C14H14BrN3O5/c1-2-23-14(20)10-7-17-13-9(12(10)16-3-4-19)5-8(18(21)22)6-11(13)15/h5-7,19H,2-4H2,1H3,(H,16,17). The number of carbonyl (C=O) groups is 1. The molecule has 0 aliphatic heterocycles. The van der Waals surface area contributed by atoms with Crippen molar-refractivity contribution in [2.24, 2.45) is 0 Å². The van der Waals surface area contributed by atoms with Crippen LogP contribution in [0.4, 0.5) is 11.4 Å². The van der Waals surface area contributed by atoms with E-state index in [0.29, 0.717) is 21.1 Å². The average Bonchev–Trinajstić information content (AvgIpc) is 2.52. The Morgan fingerprint density at radius 1 is 1.52 bits per heavy atom. The van der Waals surface area contributed by atoms with Gasteiger partial charge in [-0.05, 0) is 22.9 Å². The quantitative estimate of drug-likeness (QED) is 0.447. The van der Waals surface area contributed by atoms with Gasteiger partial charge in [0.05, 0.1) is 33.8 Å². The third-order valence-corrected chi connectivity index (χ3v) is 3.63. The lowest BCUT2D eigenvalue weighted by Crippen LogP contribution is -2.13. The van der Waals surface area contributed by atoms with Crippen LogP contribution in [0.3, 0.4) is 0 Å². The van der Waals surface area contributed by atoms with Gasteiger partial charge >= 0.3 is 5.97 Å². The summed E-state index contributed by atoms with van der Waals surface area (Å²) < 4.78 is 5.41. The second-order valence-electron chi connectivity index (χ2n) is 4.50. The van der Waals surface area contributed by atoms with Crippen LogP contribution in [-0.4, -0.2) is 40.7 Å². The first kappa shape index (κ1) is 17.1. The van der Waals surface area contributed by atoms with E-state index in [1.807, 2.05) is 0 Å². The van der Waals surface area contributed by atoms with Gasteiger partial charge in [-0.2, -0.15) is 0 Å². The van der Waals surface area contributed by atoms with Crippen molar-refractivity contribution in [2.45, 2.75) is 6.92 Å². The normalized spacial score (nSPS) is 10.6. The fourth-order valence-corrected chi connectivity index (χ4v) is 2.64. The zero-order chi connectivity index (χ0) is 17.0. The van der Waals surface area contributed by atoms with E-state index in [-0.39, 0.29) is 31.0 Å². The molecule has 0 bridgehead atoms. The fraction of sp³-hybridized carbons (Fsp3) is 0.286. The number of hydrogen-bond acceptors (Lipinski definition) is 7. The van der Waals surface area contributed by atoms with Crippen molar-refractivity contribution in [3.8, 4) is 0 Å². The molecule has 1 aromatic heterocycles. The molecule has 0 saturated carbocycles. The molecule has 0 atom stereocenters. The van der Waals surface area contributed by atoms with Crippen LogP contribution >= 0.6 is 15.9 Å². The Kier molecular flexibility index (Phi) is 5.45. The van der Waals surface area contributed by atoms with E-state index < -0.39 is 10.9 Å². The summed E-state index contributed by atoms with van der Waals surface area (Å²) in [7, 11) is 0. The first-order valence-electron chi connectivity index (χ1n) is 6.78. The molecule has 0 saturated heterocycles. The molecular weight excluding hydrogens is 370 g/mol. The molecular formula is C14H14BrN3O5. The Balaban J connectivity index is 2.72. The number of nitrogens with one attached hydrogen (secondary N) is 1. The van der Waals surface area contributed by atoms with E-state index in [0.717, 1.165) is 0 Å². The molecule has 0 fully saturated rings. The number of fused-ring (bicyclic) bond motifs is 1. The number of pyridine rings is 1. The number of non-ortho nitro benzene ring substituents is 1. The maximum Gasteiger partial charge on any atom is 0.341 e. The van der Waals surface area contributed by atoms with Crippen molar-refractivity contribution in [3.05, 3.63) is 38.5 Å². The van der Waals surface area contributed by atoms with Crippen molar-refractivity contribution < 1.29 is 19.6 Å². The zero-order valence-electron chi connectivity index (χ0n) is 12.2. The number of rotatable bonds is 6. The van der Waals surface area contributed by atoms with Gasteiger partial charge in [-0.1, -0.05) is 0 Å². The Bertz CT molecular complexity index is 766.